The van der Waals surface area contributed by atoms with Gasteiger partial charge < -0.3 is 15.5 Å². The topological polar surface area (TPSA) is 44.4 Å². The van der Waals surface area contributed by atoms with Gasteiger partial charge >= 0.3 is 6.03 Å². The third-order valence-corrected chi connectivity index (χ3v) is 5.59. The maximum absolute atomic E-state index is 12.1. The van der Waals surface area contributed by atoms with E-state index >= 15 is 0 Å². The summed E-state index contributed by atoms with van der Waals surface area (Å²) >= 11 is 6.25. The highest BCUT2D eigenvalue weighted by Gasteiger charge is 2.47. The number of hydrogen-bond acceptors (Lipinski definition) is 2. The van der Waals surface area contributed by atoms with Crippen LogP contribution >= 0.6 is 11.6 Å². The smallest absolute Gasteiger partial charge is 0.318 e. The zero-order valence-corrected chi connectivity index (χ0v) is 12.7. The molecule has 1 aliphatic carbocycles. The average Bonchev–Trinajstić information content (AvgIpc) is 3.03. The van der Waals surface area contributed by atoms with Gasteiger partial charge in [-0.25, -0.2) is 4.79 Å². The minimum absolute atomic E-state index is 0.0758. The fourth-order valence-corrected chi connectivity index (χ4v) is 4.48. The minimum Gasteiger partial charge on any atom is -0.336 e. The summed E-state index contributed by atoms with van der Waals surface area (Å²) in [5.74, 6) is 0. The first kappa shape index (κ1) is 13.4. The normalized spacial score (nSPS) is 27.0. The lowest BCUT2D eigenvalue weighted by Gasteiger charge is -2.36. The predicted octanol–water partition coefficient (Wildman–Crippen LogP) is 2.43. The lowest BCUT2D eigenvalue weighted by atomic mass is 9.74. The second kappa shape index (κ2) is 4.89. The molecule has 0 saturated carbocycles. The van der Waals surface area contributed by atoms with E-state index in [2.05, 4.69) is 22.8 Å². The molecule has 21 heavy (non-hydrogen) atoms. The zero-order chi connectivity index (χ0) is 14.4. The summed E-state index contributed by atoms with van der Waals surface area (Å²) in [6.07, 6.45) is 3.30. The maximum atomic E-state index is 12.1. The summed E-state index contributed by atoms with van der Waals surface area (Å²) < 4.78 is 0. The Bertz CT molecular complexity index is 583. The Kier molecular flexibility index (Phi) is 3.12. The molecule has 1 atom stereocenters. The van der Waals surface area contributed by atoms with Crippen LogP contribution in [0.25, 0.3) is 0 Å². The van der Waals surface area contributed by atoms with E-state index in [1.165, 1.54) is 11.1 Å². The largest absolute Gasteiger partial charge is 0.336 e. The van der Waals surface area contributed by atoms with Gasteiger partial charge in [0.2, 0.25) is 0 Å². The molecule has 0 aromatic heterocycles. The van der Waals surface area contributed by atoms with Gasteiger partial charge in [0.05, 0.1) is 6.04 Å². The molecule has 2 N–H and O–H groups in total. The zero-order valence-electron chi connectivity index (χ0n) is 12.0. The predicted molar refractivity (Wildman–Crippen MR) is 82.7 cm³/mol. The summed E-state index contributed by atoms with van der Waals surface area (Å²) in [6, 6.07) is 6.51. The first-order chi connectivity index (χ1) is 10.2. The number of urea groups is 1. The second-order valence-electron chi connectivity index (χ2n) is 6.41. The highest BCUT2D eigenvalue weighted by Crippen LogP contribution is 2.52. The van der Waals surface area contributed by atoms with Crippen LogP contribution in [0.3, 0.4) is 0 Å². The number of halogens is 1. The van der Waals surface area contributed by atoms with E-state index < -0.39 is 0 Å². The molecule has 2 amide bonds. The van der Waals surface area contributed by atoms with Crippen LogP contribution in [0.4, 0.5) is 4.79 Å². The van der Waals surface area contributed by atoms with Gasteiger partial charge in [0.25, 0.3) is 0 Å². The molecule has 4 nitrogen and oxygen atoms in total. The maximum Gasteiger partial charge on any atom is 0.318 e. The van der Waals surface area contributed by atoms with E-state index in [0.717, 1.165) is 50.5 Å². The summed E-state index contributed by atoms with van der Waals surface area (Å²) in [7, 11) is 0. The molecule has 1 unspecified atom stereocenters. The molecule has 3 aliphatic rings. The Hall–Kier alpha value is -1.26. The van der Waals surface area contributed by atoms with Crippen LogP contribution in [0.2, 0.25) is 5.02 Å². The Morgan fingerprint density at radius 3 is 2.76 bits per heavy atom. The van der Waals surface area contributed by atoms with Crippen molar-refractivity contribution in [3.8, 4) is 0 Å². The molecule has 1 spiro atoms. The van der Waals surface area contributed by atoms with Crippen molar-refractivity contribution < 1.29 is 4.79 Å². The van der Waals surface area contributed by atoms with E-state index in [-0.39, 0.29) is 17.5 Å². The van der Waals surface area contributed by atoms with Crippen molar-refractivity contribution in [3.05, 3.63) is 34.3 Å². The molecule has 1 aromatic rings. The molecular weight excluding hydrogens is 286 g/mol. The second-order valence-corrected chi connectivity index (χ2v) is 6.84. The van der Waals surface area contributed by atoms with E-state index in [0.29, 0.717) is 0 Å². The minimum atomic E-state index is 0.0758. The average molecular weight is 306 g/mol. The van der Waals surface area contributed by atoms with Crippen molar-refractivity contribution in [2.75, 3.05) is 26.2 Å². The van der Waals surface area contributed by atoms with Gasteiger partial charge in [0.1, 0.15) is 0 Å². The van der Waals surface area contributed by atoms with Gasteiger partial charge in [-0.05, 0) is 55.6 Å². The van der Waals surface area contributed by atoms with Gasteiger partial charge in [0.15, 0.2) is 0 Å². The van der Waals surface area contributed by atoms with Gasteiger partial charge in [-0.1, -0.05) is 17.7 Å². The molecule has 2 fully saturated rings. The van der Waals surface area contributed by atoms with Gasteiger partial charge in [0, 0.05) is 23.5 Å². The van der Waals surface area contributed by atoms with Gasteiger partial charge in [-0.3, -0.25) is 0 Å². The van der Waals surface area contributed by atoms with Crippen molar-refractivity contribution in [3.63, 3.8) is 0 Å². The molecule has 2 aliphatic heterocycles. The van der Waals surface area contributed by atoms with Crippen molar-refractivity contribution in [1.82, 2.24) is 15.5 Å². The number of carbonyl (C=O) groups is 1. The number of carbonyl (C=O) groups excluding carboxylic acids is 1. The molecule has 1 aromatic carbocycles. The standard InChI is InChI=1S/C16H20ClN3O/c17-11-1-2-12-13(9-11)16(3-5-18-6-4-16)10-14(12)20-8-7-19-15(20)21/h1-2,9,14,18H,3-8,10H2,(H,19,21). The van der Waals surface area contributed by atoms with Crippen molar-refractivity contribution in [2.45, 2.75) is 30.7 Å². The molecule has 5 heteroatoms. The third-order valence-electron chi connectivity index (χ3n) is 5.36. The molecule has 4 rings (SSSR count). The first-order valence-corrected chi connectivity index (χ1v) is 8.13. The number of nitrogens with one attached hydrogen (secondary N) is 2. The summed E-state index contributed by atoms with van der Waals surface area (Å²) in [5.41, 5.74) is 2.87. The van der Waals surface area contributed by atoms with Crippen LogP contribution in [0.5, 0.6) is 0 Å². The van der Waals surface area contributed by atoms with Crippen molar-refractivity contribution in [2.24, 2.45) is 0 Å². The number of piperidine rings is 1. The van der Waals surface area contributed by atoms with E-state index in [1.807, 2.05) is 11.0 Å². The summed E-state index contributed by atoms with van der Waals surface area (Å²) in [5, 5.41) is 7.18. The SMILES string of the molecule is O=C1NCCN1C1CC2(CCNCC2)c2cc(Cl)ccc21. The Morgan fingerprint density at radius 1 is 1.24 bits per heavy atom. The number of benzene rings is 1. The highest BCUT2D eigenvalue weighted by atomic mass is 35.5. The van der Waals surface area contributed by atoms with Crippen molar-refractivity contribution >= 4 is 17.6 Å². The number of rotatable bonds is 1. The van der Waals surface area contributed by atoms with Crippen LogP contribution in [-0.2, 0) is 5.41 Å². The first-order valence-electron chi connectivity index (χ1n) is 7.75. The fraction of sp³-hybridized carbons (Fsp3) is 0.562. The third kappa shape index (κ3) is 2.04. The van der Waals surface area contributed by atoms with Crippen molar-refractivity contribution in [1.29, 1.82) is 0 Å². The molecule has 0 bridgehead atoms. The number of hydrogen-bond donors (Lipinski definition) is 2. The fourth-order valence-electron chi connectivity index (χ4n) is 4.31. The summed E-state index contributed by atoms with van der Waals surface area (Å²) in [4.78, 5) is 14.1. The number of amides is 2. The summed E-state index contributed by atoms with van der Waals surface area (Å²) in [6.45, 7) is 3.66. The van der Waals surface area contributed by atoms with E-state index in [9.17, 15) is 4.79 Å². The van der Waals surface area contributed by atoms with Crippen LogP contribution in [0.1, 0.15) is 36.4 Å². The van der Waals surface area contributed by atoms with Crippen LogP contribution in [0, 0.1) is 0 Å². The molecule has 0 radical (unpaired) electrons. The van der Waals surface area contributed by atoms with Crippen LogP contribution < -0.4 is 10.6 Å². The Morgan fingerprint density at radius 2 is 2.05 bits per heavy atom. The van der Waals surface area contributed by atoms with Gasteiger partial charge in [-0.2, -0.15) is 0 Å². The van der Waals surface area contributed by atoms with Gasteiger partial charge in [-0.15, -0.1) is 0 Å². The lowest BCUT2D eigenvalue weighted by Crippen LogP contribution is -2.39. The molecule has 112 valence electrons. The lowest BCUT2D eigenvalue weighted by molar-refractivity contribution is 0.182. The van der Waals surface area contributed by atoms with E-state index in [4.69, 9.17) is 11.6 Å². The Balaban J connectivity index is 1.77. The monoisotopic (exact) mass is 305 g/mol. The van der Waals surface area contributed by atoms with Crippen LogP contribution in [0.15, 0.2) is 18.2 Å². The number of fused-ring (bicyclic) bond motifs is 2. The van der Waals surface area contributed by atoms with Crippen LogP contribution in [-0.4, -0.2) is 37.1 Å². The van der Waals surface area contributed by atoms with E-state index in [1.54, 1.807) is 0 Å². The quantitative estimate of drug-likeness (QED) is 0.837. The Labute approximate surface area is 129 Å². The number of nitrogens with zero attached hydrogens (tertiary/aromatic N) is 1. The molecule has 2 saturated heterocycles. The highest BCUT2D eigenvalue weighted by molar-refractivity contribution is 6.30. The molecular formula is C16H20ClN3O. The molecule has 2 heterocycles.